The van der Waals surface area contributed by atoms with Crippen LogP contribution >= 0.6 is 11.6 Å². The average molecular weight is 459 g/mol. The first-order chi connectivity index (χ1) is 15.2. The van der Waals surface area contributed by atoms with Crippen molar-refractivity contribution in [1.82, 2.24) is 19.4 Å². The molecule has 0 spiro atoms. The molecule has 2 amide bonds. The van der Waals surface area contributed by atoms with Gasteiger partial charge in [0.2, 0.25) is 0 Å². The van der Waals surface area contributed by atoms with E-state index in [1.165, 1.54) is 12.1 Å². The second kappa shape index (κ2) is 8.43. The summed E-state index contributed by atoms with van der Waals surface area (Å²) in [5.41, 5.74) is 1.10. The van der Waals surface area contributed by atoms with Gasteiger partial charge in [-0.25, -0.2) is 9.18 Å². The van der Waals surface area contributed by atoms with Crippen LogP contribution in [0.3, 0.4) is 0 Å². The topological polar surface area (TPSA) is 67.7 Å². The number of hydrogen-bond acceptors (Lipinski definition) is 4. The largest absolute Gasteiger partial charge is 0.444 e. The molecule has 7 nitrogen and oxygen atoms in total. The number of rotatable bonds is 2. The molecule has 0 atom stereocenters. The summed E-state index contributed by atoms with van der Waals surface area (Å²) in [5.74, 6) is -0.597. The number of pyridine rings is 1. The van der Waals surface area contributed by atoms with Crippen LogP contribution in [0.1, 0.15) is 31.1 Å². The van der Waals surface area contributed by atoms with E-state index in [9.17, 15) is 14.0 Å². The fraction of sp³-hybridized carbons (Fsp3) is 0.348. The Morgan fingerprint density at radius 1 is 1.03 bits per heavy atom. The number of aromatic nitrogens is 2. The van der Waals surface area contributed by atoms with E-state index in [4.69, 9.17) is 16.3 Å². The molecular formula is C23H24ClFN4O3. The minimum atomic E-state index is -0.577. The number of hydrogen-bond donors (Lipinski definition) is 0. The molecule has 1 aromatic carbocycles. The first-order valence-corrected chi connectivity index (χ1v) is 10.7. The standard InChI is InChI=1S/C23H24ClFN4O3/c1-23(2,3)32-22(31)28-12-10-27(11-13-28)21(30)19-17-14-26-9-8-18(17)29(20(19)24)16-6-4-15(25)5-7-16/h4-9,14H,10-13H2,1-3H3. The highest BCUT2D eigenvalue weighted by Crippen LogP contribution is 2.33. The minimum Gasteiger partial charge on any atom is -0.444 e. The van der Waals surface area contributed by atoms with Crippen LogP contribution in [0.15, 0.2) is 42.7 Å². The van der Waals surface area contributed by atoms with E-state index in [1.54, 1.807) is 45.0 Å². The predicted octanol–water partition coefficient (Wildman–Crippen LogP) is 4.51. The number of carbonyl (C=O) groups is 2. The first kappa shape index (κ1) is 22.1. The van der Waals surface area contributed by atoms with Gasteiger partial charge in [-0.05, 0) is 51.1 Å². The van der Waals surface area contributed by atoms with Gasteiger partial charge >= 0.3 is 6.09 Å². The lowest BCUT2D eigenvalue weighted by atomic mass is 10.2. The maximum Gasteiger partial charge on any atom is 0.410 e. The molecule has 1 aliphatic heterocycles. The van der Waals surface area contributed by atoms with E-state index in [0.29, 0.717) is 48.3 Å². The lowest BCUT2D eigenvalue weighted by Crippen LogP contribution is -2.51. The fourth-order valence-electron chi connectivity index (χ4n) is 3.73. The van der Waals surface area contributed by atoms with E-state index < -0.39 is 5.60 Å². The second-order valence-corrected chi connectivity index (χ2v) is 8.99. The van der Waals surface area contributed by atoms with E-state index in [1.807, 2.05) is 20.8 Å². The van der Waals surface area contributed by atoms with Crippen LogP contribution < -0.4 is 0 Å². The van der Waals surface area contributed by atoms with Gasteiger partial charge in [-0.3, -0.25) is 14.3 Å². The lowest BCUT2D eigenvalue weighted by molar-refractivity contribution is 0.0141. The number of ether oxygens (including phenoxy) is 1. The van der Waals surface area contributed by atoms with Crippen molar-refractivity contribution in [1.29, 1.82) is 0 Å². The smallest absolute Gasteiger partial charge is 0.410 e. The van der Waals surface area contributed by atoms with Gasteiger partial charge in [-0.2, -0.15) is 0 Å². The number of carbonyl (C=O) groups excluding carboxylic acids is 2. The average Bonchev–Trinajstić information content (AvgIpc) is 3.04. The van der Waals surface area contributed by atoms with Crippen molar-refractivity contribution in [3.8, 4) is 5.69 Å². The highest BCUT2D eigenvalue weighted by Gasteiger charge is 2.31. The summed E-state index contributed by atoms with van der Waals surface area (Å²) in [4.78, 5) is 33.2. The van der Waals surface area contributed by atoms with Crippen molar-refractivity contribution in [3.63, 3.8) is 0 Å². The van der Waals surface area contributed by atoms with Crippen LogP contribution in [-0.2, 0) is 4.74 Å². The van der Waals surface area contributed by atoms with Crippen LogP contribution in [-0.4, -0.2) is 63.1 Å². The molecule has 0 aliphatic carbocycles. The van der Waals surface area contributed by atoms with Crippen molar-refractivity contribution in [2.24, 2.45) is 0 Å². The molecule has 2 aromatic heterocycles. The summed E-state index contributed by atoms with van der Waals surface area (Å²) in [7, 11) is 0. The molecule has 1 fully saturated rings. The van der Waals surface area contributed by atoms with Crippen molar-refractivity contribution >= 4 is 34.5 Å². The van der Waals surface area contributed by atoms with E-state index in [2.05, 4.69) is 4.98 Å². The molecule has 0 N–H and O–H groups in total. The Balaban J connectivity index is 1.61. The van der Waals surface area contributed by atoms with E-state index >= 15 is 0 Å². The maximum absolute atomic E-state index is 13.4. The Bertz CT molecular complexity index is 1160. The Morgan fingerprint density at radius 3 is 2.28 bits per heavy atom. The lowest BCUT2D eigenvalue weighted by Gasteiger charge is -2.35. The molecule has 0 saturated carbocycles. The van der Waals surface area contributed by atoms with Gasteiger partial charge in [-0.1, -0.05) is 11.6 Å². The zero-order valence-corrected chi connectivity index (χ0v) is 18.9. The van der Waals surface area contributed by atoms with E-state index in [0.717, 1.165) is 0 Å². The van der Waals surface area contributed by atoms with Gasteiger partial charge < -0.3 is 14.5 Å². The third-order valence-corrected chi connectivity index (χ3v) is 5.59. The summed E-state index contributed by atoms with van der Waals surface area (Å²) in [5, 5.41) is 0.848. The van der Waals surface area contributed by atoms with Gasteiger partial charge in [0.15, 0.2) is 0 Å². The normalized spacial score (nSPS) is 14.7. The number of fused-ring (bicyclic) bond motifs is 1. The SMILES string of the molecule is CC(C)(C)OC(=O)N1CCN(C(=O)c2c(Cl)n(-c3ccc(F)cc3)c3ccncc23)CC1. The molecule has 1 aliphatic rings. The monoisotopic (exact) mass is 458 g/mol. The van der Waals surface area contributed by atoms with E-state index in [-0.39, 0.29) is 23.0 Å². The number of benzene rings is 1. The highest BCUT2D eigenvalue weighted by molar-refractivity contribution is 6.35. The van der Waals surface area contributed by atoms with Crippen LogP contribution in [0.5, 0.6) is 0 Å². The molecule has 3 heterocycles. The summed E-state index contributed by atoms with van der Waals surface area (Å²) < 4.78 is 20.6. The van der Waals surface area contributed by atoms with Gasteiger partial charge in [0.05, 0.1) is 11.1 Å². The summed E-state index contributed by atoms with van der Waals surface area (Å²) in [6.45, 7) is 6.91. The van der Waals surface area contributed by atoms with Crippen molar-refractivity contribution in [2.75, 3.05) is 26.2 Å². The van der Waals surface area contributed by atoms with Gasteiger partial charge in [0, 0.05) is 49.6 Å². The summed E-state index contributed by atoms with van der Waals surface area (Å²) in [6, 6.07) is 7.66. The second-order valence-electron chi connectivity index (χ2n) is 8.63. The molecule has 0 radical (unpaired) electrons. The van der Waals surface area contributed by atoms with Gasteiger partial charge in [0.1, 0.15) is 16.6 Å². The molecule has 0 bridgehead atoms. The quantitative estimate of drug-likeness (QED) is 0.566. The number of halogens is 2. The molecule has 32 heavy (non-hydrogen) atoms. The third kappa shape index (κ3) is 4.27. The molecule has 1 saturated heterocycles. The molecule has 168 valence electrons. The van der Waals surface area contributed by atoms with Crippen molar-refractivity contribution < 1.29 is 18.7 Å². The molecule has 3 aromatic rings. The Hall–Kier alpha value is -3.13. The van der Waals surface area contributed by atoms with Gasteiger partial charge in [-0.15, -0.1) is 0 Å². The summed E-state index contributed by atoms with van der Waals surface area (Å²) in [6.07, 6.45) is 2.83. The Morgan fingerprint density at radius 2 is 1.66 bits per heavy atom. The Labute approximate surface area is 190 Å². The number of amides is 2. The molecule has 9 heteroatoms. The van der Waals surface area contributed by atoms with Crippen LogP contribution in [0.25, 0.3) is 16.6 Å². The number of nitrogens with zero attached hydrogens (tertiary/aromatic N) is 4. The maximum atomic E-state index is 13.4. The van der Waals surface area contributed by atoms with Crippen molar-refractivity contribution in [2.45, 2.75) is 26.4 Å². The van der Waals surface area contributed by atoms with Crippen LogP contribution in [0.2, 0.25) is 5.15 Å². The summed E-state index contributed by atoms with van der Waals surface area (Å²) >= 11 is 6.70. The highest BCUT2D eigenvalue weighted by atomic mass is 35.5. The zero-order valence-electron chi connectivity index (χ0n) is 18.1. The van der Waals surface area contributed by atoms with Gasteiger partial charge in [0.25, 0.3) is 5.91 Å². The molecule has 0 unspecified atom stereocenters. The third-order valence-electron chi connectivity index (χ3n) is 5.23. The number of piperazine rings is 1. The van der Waals surface area contributed by atoms with Crippen molar-refractivity contribution in [3.05, 3.63) is 59.3 Å². The molecular weight excluding hydrogens is 435 g/mol. The molecule has 4 rings (SSSR count). The predicted molar refractivity (Wildman–Crippen MR) is 120 cm³/mol. The fourth-order valence-corrected chi connectivity index (χ4v) is 4.10. The zero-order chi connectivity index (χ0) is 23.0. The van der Waals surface area contributed by atoms with Crippen LogP contribution in [0, 0.1) is 5.82 Å². The van der Waals surface area contributed by atoms with Crippen LogP contribution in [0.4, 0.5) is 9.18 Å². The minimum absolute atomic E-state index is 0.235. The Kier molecular flexibility index (Phi) is 5.81. The first-order valence-electron chi connectivity index (χ1n) is 10.3.